The minimum absolute atomic E-state index is 0.0177. The van der Waals surface area contributed by atoms with E-state index in [0.717, 1.165) is 0 Å². The van der Waals surface area contributed by atoms with Crippen molar-refractivity contribution in [2.24, 2.45) is 5.73 Å². The van der Waals surface area contributed by atoms with Crippen LogP contribution < -0.4 is 11.1 Å². The number of nitrogens with zero attached hydrogens (tertiary/aromatic N) is 1. The number of aromatic nitrogens is 1. The van der Waals surface area contributed by atoms with Gasteiger partial charge < -0.3 is 11.1 Å². The topological polar surface area (TPSA) is 68.0 Å². The first-order valence-corrected chi connectivity index (χ1v) is 6.40. The van der Waals surface area contributed by atoms with Crippen molar-refractivity contribution in [3.63, 3.8) is 0 Å². The summed E-state index contributed by atoms with van der Waals surface area (Å²) in [5.41, 5.74) is 5.80. The SMILES string of the molecule is NCC#Cc1cccnc1C(=O)Nc1cc(Cl)ccc1F. The number of hydrogen-bond donors (Lipinski definition) is 2. The van der Waals surface area contributed by atoms with Gasteiger partial charge in [-0.25, -0.2) is 9.37 Å². The maximum atomic E-state index is 13.6. The Kier molecular flexibility index (Phi) is 4.88. The Morgan fingerprint density at radius 2 is 2.24 bits per heavy atom. The summed E-state index contributed by atoms with van der Waals surface area (Å²) >= 11 is 5.78. The van der Waals surface area contributed by atoms with Gasteiger partial charge in [0.15, 0.2) is 0 Å². The molecule has 0 unspecified atom stereocenters. The summed E-state index contributed by atoms with van der Waals surface area (Å²) in [6.45, 7) is 0.166. The van der Waals surface area contributed by atoms with Gasteiger partial charge in [0.2, 0.25) is 0 Å². The lowest BCUT2D eigenvalue weighted by atomic mass is 10.2. The van der Waals surface area contributed by atoms with Gasteiger partial charge in [0, 0.05) is 11.2 Å². The van der Waals surface area contributed by atoms with Gasteiger partial charge in [0.05, 0.1) is 17.8 Å². The molecule has 2 rings (SSSR count). The Morgan fingerprint density at radius 1 is 1.43 bits per heavy atom. The number of carbonyl (C=O) groups excluding carboxylic acids is 1. The van der Waals surface area contributed by atoms with Gasteiger partial charge in [0.1, 0.15) is 11.5 Å². The van der Waals surface area contributed by atoms with Gasteiger partial charge in [-0.3, -0.25) is 4.79 Å². The van der Waals surface area contributed by atoms with Crippen LogP contribution in [-0.2, 0) is 0 Å². The van der Waals surface area contributed by atoms with E-state index in [1.807, 2.05) is 0 Å². The molecule has 0 aliphatic heterocycles. The number of hydrogen-bond acceptors (Lipinski definition) is 3. The fourth-order valence-electron chi connectivity index (χ4n) is 1.61. The summed E-state index contributed by atoms with van der Waals surface area (Å²) in [6.07, 6.45) is 1.46. The molecule has 1 aromatic heterocycles. The second-order valence-electron chi connectivity index (χ2n) is 3.98. The number of pyridine rings is 1. The molecule has 3 N–H and O–H groups in total. The number of amides is 1. The van der Waals surface area contributed by atoms with Crippen LogP contribution in [0.15, 0.2) is 36.5 Å². The first-order chi connectivity index (χ1) is 10.1. The van der Waals surface area contributed by atoms with Crippen molar-refractivity contribution in [2.75, 3.05) is 11.9 Å². The van der Waals surface area contributed by atoms with Gasteiger partial charge in [0.25, 0.3) is 5.91 Å². The van der Waals surface area contributed by atoms with E-state index in [1.54, 1.807) is 12.1 Å². The molecular formula is C15H11ClFN3O. The highest BCUT2D eigenvalue weighted by Gasteiger charge is 2.14. The Bertz CT molecular complexity index is 737. The second-order valence-corrected chi connectivity index (χ2v) is 4.42. The Morgan fingerprint density at radius 3 is 3.00 bits per heavy atom. The van der Waals surface area contributed by atoms with Gasteiger partial charge in [-0.1, -0.05) is 23.4 Å². The molecule has 0 bridgehead atoms. The third-order valence-electron chi connectivity index (χ3n) is 2.52. The number of halogens is 2. The van der Waals surface area contributed by atoms with Crippen molar-refractivity contribution in [1.29, 1.82) is 0 Å². The average Bonchev–Trinajstić information content (AvgIpc) is 2.49. The van der Waals surface area contributed by atoms with Crippen LogP contribution >= 0.6 is 11.6 Å². The van der Waals surface area contributed by atoms with E-state index in [1.165, 1.54) is 24.4 Å². The fraction of sp³-hybridized carbons (Fsp3) is 0.0667. The number of rotatable bonds is 2. The van der Waals surface area contributed by atoms with Gasteiger partial charge >= 0.3 is 0 Å². The number of nitrogens with two attached hydrogens (primary N) is 1. The Hall–Kier alpha value is -2.42. The highest BCUT2D eigenvalue weighted by atomic mass is 35.5. The highest BCUT2D eigenvalue weighted by Crippen LogP contribution is 2.20. The summed E-state index contributed by atoms with van der Waals surface area (Å²) in [5, 5.41) is 2.74. The third kappa shape index (κ3) is 3.78. The highest BCUT2D eigenvalue weighted by molar-refractivity contribution is 6.31. The van der Waals surface area contributed by atoms with Crippen LogP contribution in [0.25, 0.3) is 0 Å². The van der Waals surface area contributed by atoms with Crippen LogP contribution in [0, 0.1) is 17.7 Å². The molecule has 0 fully saturated rings. The van der Waals surface area contributed by atoms with Crippen molar-refractivity contribution in [1.82, 2.24) is 4.98 Å². The van der Waals surface area contributed by atoms with E-state index in [4.69, 9.17) is 17.3 Å². The molecule has 2 aromatic rings. The van der Waals surface area contributed by atoms with E-state index in [9.17, 15) is 9.18 Å². The molecule has 0 saturated carbocycles. The Labute approximate surface area is 126 Å². The maximum Gasteiger partial charge on any atom is 0.275 e. The molecular weight excluding hydrogens is 293 g/mol. The van der Waals surface area contributed by atoms with E-state index in [0.29, 0.717) is 10.6 Å². The first kappa shape index (κ1) is 15.0. The minimum Gasteiger partial charge on any atom is -0.320 e. The van der Waals surface area contributed by atoms with E-state index < -0.39 is 11.7 Å². The van der Waals surface area contributed by atoms with E-state index in [-0.39, 0.29) is 17.9 Å². The fourth-order valence-corrected chi connectivity index (χ4v) is 1.78. The van der Waals surface area contributed by atoms with Crippen LogP contribution in [0.2, 0.25) is 5.02 Å². The molecule has 1 amide bonds. The molecule has 4 nitrogen and oxygen atoms in total. The normalized spacial score (nSPS) is 9.67. The third-order valence-corrected chi connectivity index (χ3v) is 2.76. The van der Waals surface area contributed by atoms with Gasteiger partial charge in [-0.2, -0.15) is 0 Å². The molecule has 21 heavy (non-hydrogen) atoms. The minimum atomic E-state index is -0.585. The number of benzene rings is 1. The predicted molar refractivity (Wildman–Crippen MR) is 79.5 cm³/mol. The second kappa shape index (κ2) is 6.84. The molecule has 0 aliphatic carbocycles. The summed E-state index contributed by atoms with van der Waals surface area (Å²) in [4.78, 5) is 16.1. The maximum absolute atomic E-state index is 13.6. The molecule has 0 radical (unpaired) electrons. The number of nitrogens with one attached hydrogen (secondary N) is 1. The van der Waals surface area contributed by atoms with Crippen LogP contribution in [0.5, 0.6) is 0 Å². The van der Waals surface area contributed by atoms with Gasteiger partial charge in [-0.15, -0.1) is 0 Å². The molecule has 0 saturated heterocycles. The molecule has 1 aromatic carbocycles. The first-order valence-electron chi connectivity index (χ1n) is 6.02. The summed E-state index contributed by atoms with van der Waals surface area (Å²) in [7, 11) is 0. The monoisotopic (exact) mass is 303 g/mol. The number of carbonyl (C=O) groups is 1. The quantitative estimate of drug-likeness (QED) is 0.837. The molecule has 1 heterocycles. The lowest BCUT2D eigenvalue weighted by molar-refractivity contribution is 0.102. The molecule has 0 atom stereocenters. The number of anilines is 1. The van der Waals surface area contributed by atoms with E-state index >= 15 is 0 Å². The van der Waals surface area contributed by atoms with Crippen LogP contribution in [0.4, 0.5) is 10.1 Å². The molecule has 0 spiro atoms. The zero-order chi connectivity index (χ0) is 15.2. The van der Waals surface area contributed by atoms with Crippen molar-refractivity contribution in [3.05, 3.63) is 58.6 Å². The lowest BCUT2D eigenvalue weighted by Crippen LogP contribution is -2.16. The largest absolute Gasteiger partial charge is 0.320 e. The van der Waals surface area contributed by atoms with Gasteiger partial charge in [-0.05, 0) is 30.3 Å². The van der Waals surface area contributed by atoms with Crippen molar-refractivity contribution < 1.29 is 9.18 Å². The zero-order valence-electron chi connectivity index (χ0n) is 10.9. The van der Waals surface area contributed by atoms with E-state index in [2.05, 4.69) is 22.1 Å². The standard InChI is InChI=1S/C15H11ClFN3O/c16-11-5-6-12(17)13(9-11)20-15(21)14-10(3-1-7-18)4-2-8-19-14/h2,4-6,8-9H,7,18H2,(H,20,21). The molecule has 0 aliphatic rings. The van der Waals surface area contributed by atoms with Crippen LogP contribution in [0.3, 0.4) is 0 Å². The van der Waals surface area contributed by atoms with Crippen molar-refractivity contribution in [3.8, 4) is 11.8 Å². The lowest BCUT2D eigenvalue weighted by Gasteiger charge is -2.07. The predicted octanol–water partition coefficient (Wildman–Crippen LogP) is 2.44. The summed E-state index contributed by atoms with van der Waals surface area (Å²) < 4.78 is 13.6. The molecule has 6 heteroatoms. The summed E-state index contributed by atoms with van der Waals surface area (Å²) in [6, 6.07) is 7.18. The van der Waals surface area contributed by atoms with Crippen LogP contribution in [0.1, 0.15) is 16.1 Å². The average molecular weight is 304 g/mol. The summed E-state index contributed by atoms with van der Waals surface area (Å²) in [5.74, 6) is 4.24. The zero-order valence-corrected chi connectivity index (χ0v) is 11.6. The van der Waals surface area contributed by atoms with Crippen molar-refractivity contribution >= 4 is 23.2 Å². The smallest absolute Gasteiger partial charge is 0.275 e. The Balaban J connectivity index is 2.31. The van der Waals surface area contributed by atoms with Crippen LogP contribution in [-0.4, -0.2) is 17.4 Å². The molecule has 106 valence electrons. The van der Waals surface area contributed by atoms with Crippen molar-refractivity contribution in [2.45, 2.75) is 0 Å².